The number of aliphatic hydroxyl groups is 1. The molecule has 3 nitrogen and oxygen atoms in total. The standard InChI is InChI=1S/C21H31NO2/c1-12(23)14-6-7-15-13-4-5-17-19(22)18(24)9-11-21(17,3)16(13)8-10-20(14,15)2/h4-5,12-17,22-23H,6-11H2,1-3H3/t12-,13-,14+,15-,16-,17?,20+,21+/m0/s1. The topological polar surface area (TPSA) is 61.1 Å². The summed E-state index contributed by atoms with van der Waals surface area (Å²) < 4.78 is 0. The zero-order valence-corrected chi connectivity index (χ0v) is 15.2. The molecule has 2 N–H and O–H groups in total. The Kier molecular flexibility index (Phi) is 3.62. The third-order valence-electron chi connectivity index (χ3n) is 8.57. The van der Waals surface area contributed by atoms with Gasteiger partial charge in [0.15, 0.2) is 5.78 Å². The molecular weight excluding hydrogens is 298 g/mol. The van der Waals surface area contributed by atoms with Crippen LogP contribution in [-0.2, 0) is 4.79 Å². The Labute approximate surface area is 145 Å². The fraction of sp³-hybridized carbons (Fsp3) is 0.810. The minimum Gasteiger partial charge on any atom is -0.393 e. The van der Waals surface area contributed by atoms with Crippen molar-refractivity contribution in [3.8, 4) is 0 Å². The number of allylic oxidation sites excluding steroid dienone is 2. The van der Waals surface area contributed by atoms with Gasteiger partial charge in [-0.3, -0.25) is 4.79 Å². The van der Waals surface area contributed by atoms with Crippen molar-refractivity contribution >= 4 is 11.5 Å². The number of hydrogen-bond acceptors (Lipinski definition) is 3. The molecule has 4 aliphatic carbocycles. The van der Waals surface area contributed by atoms with Crippen LogP contribution < -0.4 is 0 Å². The first-order valence-electron chi connectivity index (χ1n) is 9.77. The highest BCUT2D eigenvalue weighted by molar-refractivity contribution is 6.40. The van der Waals surface area contributed by atoms with Gasteiger partial charge in [0.05, 0.1) is 11.8 Å². The normalized spacial score (nSPS) is 51.8. The van der Waals surface area contributed by atoms with Crippen LogP contribution in [0, 0.1) is 45.8 Å². The van der Waals surface area contributed by atoms with Crippen LogP contribution >= 0.6 is 0 Å². The first-order chi connectivity index (χ1) is 11.3. The lowest BCUT2D eigenvalue weighted by atomic mass is 9.46. The Morgan fingerprint density at radius 2 is 1.83 bits per heavy atom. The number of carbonyl (C=O) groups is 1. The van der Waals surface area contributed by atoms with E-state index in [0.717, 1.165) is 12.8 Å². The fourth-order valence-electron chi connectivity index (χ4n) is 7.21. The Balaban J connectivity index is 1.70. The van der Waals surface area contributed by atoms with E-state index in [1.165, 1.54) is 19.3 Å². The highest BCUT2D eigenvalue weighted by Crippen LogP contribution is 2.65. The summed E-state index contributed by atoms with van der Waals surface area (Å²) in [5, 5.41) is 18.6. The second kappa shape index (κ2) is 5.27. The molecule has 4 aliphatic rings. The van der Waals surface area contributed by atoms with Crippen molar-refractivity contribution in [2.75, 3.05) is 0 Å². The fourth-order valence-corrected chi connectivity index (χ4v) is 7.21. The lowest BCUT2D eigenvalue weighted by Crippen LogP contribution is -2.54. The zero-order chi connectivity index (χ0) is 17.3. The number of aliphatic hydroxyl groups excluding tert-OH is 1. The first-order valence-corrected chi connectivity index (χ1v) is 9.77. The second-order valence-electron chi connectivity index (χ2n) is 9.46. The van der Waals surface area contributed by atoms with Gasteiger partial charge in [0.1, 0.15) is 0 Å². The Hall–Kier alpha value is -0.960. The van der Waals surface area contributed by atoms with Crippen molar-refractivity contribution in [1.82, 2.24) is 0 Å². The minimum absolute atomic E-state index is 0.0262. The first kappa shape index (κ1) is 16.5. The number of nitrogens with one attached hydrogen (secondary N) is 1. The molecule has 0 saturated heterocycles. The van der Waals surface area contributed by atoms with E-state index in [1.807, 2.05) is 6.92 Å². The zero-order valence-electron chi connectivity index (χ0n) is 15.2. The highest BCUT2D eigenvalue weighted by atomic mass is 16.3. The summed E-state index contributed by atoms with van der Waals surface area (Å²) in [7, 11) is 0. The van der Waals surface area contributed by atoms with E-state index in [1.54, 1.807) is 0 Å². The van der Waals surface area contributed by atoms with Crippen LogP contribution in [0.25, 0.3) is 0 Å². The number of ketones is 1. The van der Waals surface area contributed by atoms with E-state index in [2.05, 4.69) is 26.0 Å². The van der Waals surface area contributed by atoms with Gasteiger partial charge in [0.25, 0.3) is 0 Å². The van der Waals surface area contributed by atoms with E-state index in [4.69, 9.17) is 5.41 Å². The minimum atomic E-state index is -0.215. The lowest BCUT2D eigenvalue weighted by molar-refractivity contribution is -0.117. The molecule has 0 amide bonds. The second-order valence-corrected chi connectivity index (χ2v) is 9.46. The molecule has 3 heteroatoms. The van der Waals surface area contributed by atoms with Gasteiger partial charge in [-0.1, -0.05) is 26.0 Å². The molecule has 3 fully saturated rings. The number of Topliss-reactive ketones (excluding diaryl/α,β-unsaturated/α-hetero) is 1. The summed E-state index contributed by atoms with van der Waals surface area (Å²) in [5.74, 6) is 2.31. The van der Waals surface area contributed by atoms with Crippen LogP contribution in [0.15, 0.2) is 12.2 Å². The molecule has 1 unspecified atom stereocenters. The van der Waals surface area contributed by atoms with Crippen LogP contribution in [0.3, 0.4) is 0 Å². The third-order valence-corrected chi connectivity index (χ3v) is 8.57. The molecule has 3 saturated carbocycles. The van der Waals surface area contributed by atoms with Gasteiger partial charge >= 0.3 is 0 Å². The van der Waals surface area contributed by atoms with Gasteiger partial charge < -0.3 is 10.5 Å². The molecule has 0 radical (unpaired) electrons. The van der Waals surface area contributed by atoms with Gasteiger partial charge in [0, 0.05) is 12.3 Å². The molecule has 4 rings (SSSR count). The van der Waals surface area contributed by atoms with E-state index in [9.17, 15) is 9.90 Å². The molecule has 8 atom stereocenters. The summed E-state index contributed by atoms with van der Waals surface area (Å²) in [4.78, 5) is 12.0. The third kappa shape index (κ3) is 2.00. The molecule has 0 aromatic carbocycles. The summed E-state index contributed by atoms with van der Waals surface area (Å²) in [6.45, 7) is 6.71. The largest absolute Gasteiger partial charge is 0.393 e. The van der Waals surface area contributed by atoms with E-state index < -0.39 is 0 Å². The summed E-state index contributed by atoms with van der Waals surface area (Å²) in [6, 6.07) is 0. The Morgan fingerprint density at radius 1 is 1.12 bits per heavy atom. The maximum absolute atomic E-state index is 12.0. The molecule has 0 bridgehead atoms. The van der Waals surface area contributed by atoms with Gasteiger partial charge in [-0.15, -0.1) is 0 Å². The predicted octanol–water partition coefficient (Wildman–Crippen LogP) is 4.00. The SMILES string of the molecule is C[C@H](O)[C@H]1CC[C@H]2[C@@H]3C=CC4C(=N)C(=O)CC[C@]4(C)[C@H]3CC[C@]12C. The number of carbonyl (C=O) groups excluding carboxylic acids is 1. The molecule has 132 valence electrons. The van der Waals surface area contributed by atoms with Crippen molar-refractivity contribution in [3.63, 3.8) is 0 Å². The van der Waals surface area contributed by atoms with Crippen LogP contribution in [0.1, 0.15) is 59.3 Å². The van der Waals surface area contributed by atoms with E-state index in [0.29, 0.717) is 35.8 Å². The molecular formula is C21H31NO2. The van der Waals surface area contributed by atoms with Crippen molar-refractivity contribution < 1.29 is 9.90 Å². The maximum atomic E-state index is 12.0. The number of rotatable bonds is 1. The number of hydrogen-bond donors (Lipinski definition) is 2. The van der Waals surface area contributed by atoms with Crippen molar-refractivity contribution in [3.05, 3.63) is 12.2 Å². The molecule has 0 aromatic heterocycles. The highest BCUT2D eigenvalue weighted by Gasteiger charge is 2.60. The number of fused-ring (bicyclic) bond motifs is 5. The average molecular weight is 329 g/mol. The molecule has 0 aromatic rings. The monoisotopic (exact) mass is 329 g/mol. The van der Waals surface area contributed by atoms with E-state index >= 15 is 0 Å². The Bertz CT molecular complexity index is 609. The van der Waals surface area contributed by atoms with Crippen LogP contribution in [0.2, 0.25) is 0 Å². The van der Waals surface area contributed by atoms with Gasteiger partial charge in [-0.25, -0.2) is 0 Å². The molecule has 0 spiro atoms. The van der Waals surface area contributed by atoms with Crippen LogP contribution in [-0.4, -0.2) is 22.7 Å². The van der Waals surface area contributed by atoms with Crippen LogP contribution in [0.4, 0.5) is 0 Å². The van der Waals surface area contributed by atoms with Gasteiger partial charge in [-0.2, -0.15) is 0 Å². The lowest BCUT2D eigenvalue weighted by Gasteiger charge is -2.58. The average Bonchev–Trinajstić information content (AvgIpc) is 2.89. The van der Waals surface area contributed by atoms with Gasteiger partial charge in [-0.05, 0) is 73.5 Å². The smallest absolute Gasteiger partial charge is 0.176 e. The predicted molar refractivity (Wildman–Crippen MR) is 94.9 cm³/mol. The van der Waals surface area contributed by atoms with Gasteiger partial charge in [0.2, 0.25) is 0 Å². The van der Waals surface area contributed by atoms with Crippen molar-refractivity contribution in [2.24, 2.45) is 40.4 Å². The molecule has 0 heterocycles. The van der Waals surface area contributed by atoms with E-state index in [-0.39, 0.29) is 28.6 Å². The summed E-state index contributed by atoms with van der Waals surface area (Å²) in [6.07, 6.45) is 10.6. The van der Waals surface area contributed by atoms with Crippen molar-refractivity contribution in [2.45, 2.75) is 65.4 Å². The summed E-state index contributed by atoms with van der Waals surface area (Å²) in [5.41, 5.74) is 0.676. The van der Waals surface area contributed by atoms with Crippen LogP contribution in [0.5, 0.6) is 0 Å². The van der Waals surface area contributed by atoms with Crippen molar-refractivity contribution in [1.29, 1.82) is 5.41 Å². The maximum Gasteiger partial charge on any atom is 0.176 e. The quantitative estimate of drug-likeness (QED) is 0.714. The molecule has 24 heavy (non-hydrogen) atoms. The Morgan fingerprint density at radius 3 is 2.54 bits per heavy atom. The summed E-state index contributed by atoms with van der Waals surface area (Å²) >= 11 is 0. The molecule has 0 aliphatic heterocycles.